The Balaban J connectivity index is 3.38. The summed E-state index contributed by atoms with van der Waals surface area (Å²) in [6.45, 7) is 2.03. The molecular formula is C10H8Br2Cl2O2. The Morgan fingerprint density at radius 3 is 2.62 bits per heavy atom. The number of carbonyl (C=O) groups excluding carboxylic acids is 1. The van der Waals surface area contributed by atoms with Crippen LogP contribution in [0.5, 0.6) is 0 Å². The Morgan fingerprint density at radius 1 is 1.50 bits per heavy atom. The third kappa shape index (κ3) is 2.92. The van der Waals surface area contributed by atoms with Gasteiger partial charge in [0.2, 0.25) is 0 Å². The van der Waals surface area contributed by atoms with Crippen molar-refractivity contribution in [3.8, 4) is 0 Å². The van der Waals surface area contributed by atoms with Crippen LogP contribution in [0.3, 0.4) is 0 Å². The second-order valence-electron chi connectivity index (χ2n) is 2.86. The van der Waals surface area contributed by atoms with Crippen molar-refractivity contribution in [2.45, 2.75) is 12.3 Å². The van der Waals surface area contributed by atoms with E-state index >= 15 is 0 Å². The van der Waals surface area contributed by atoms with Crippen LogP contribution >= 0.6 is 55.1 Å². The van der Waals surface area contributed by atoms with E-state index in [1.54, 1.807) is 13.0 Å². The van der Waals surface area contributed by atoms with E-state index in [4.69, 9.17) is 27.9 Å². The molecule has 0 aliphatic heterocycles. The molecule has 0 saturated carbocycles. The number of ether oxygens (including phenoxy) is 1. The molecule has 6 heteroatoms. The van der Waals surface area contributed by atoms with Crippen LogP contribution in [-0.4, -0.2) is 12.6 Å². The van der Waals surface area contributed by atoms with Crippen molar-refractivity contribution in [1.82, 2.24) is 0 Å². The molecule has 0 radical (unpaired) electrons. The molecule has 0 aromatic heterocycles. The number of halogens is 4. The zero-order chi connectivity index (χ0) is 12.3. The van der Waals surface area contributed by atoms with Crippen molar-refractivity contribution >= 4 is 61.0 Å². The van der Waals surface area contributed by atoms with Crippen molar-refractivity contribution in [2.75, 3.05) is 6.61 Å². The highest BCUT2D eigenvalue weighted by Gasteiger charge is 2.21. The van der Waals surface area contributed by atoms with Gasteiger partial charge in [-0.2, -0.15) is 0 Å². The van der Waals surface area contributed by atoms with Crippen LogP contribution in [0, 0.1) is 0 Å². The first-order valence-corrected chi connectivity index (χ1v) is 7.09. The molecule has 0 fully saturated rings. The Bertz CT molecular complexity index is 422. The zero-order valence-electron chi connectivity index (χ0n) is 8.32. The van der Waals surface area contributed by atoms with Gasteiger partial charge in [-0.15, -0.1) is 0 Å². The number of rotatable bonds is 3. The average molecular weight is 391 g/mol. The van der Waals surface area contributed by atoms with Gasteiger partial charge in [0.15, 0.2) is 0 Å². The quantitative estimate of drug-likeness (QED) is 0.420. The third-order valence-corrected chi connectivity index (χ3v) is 4.03. The fourth-order valence-corrected chi connectivity index (χ4v) is 3.00. The van der Waals surface area contributed by atoms with E-state index in [1.807, 2.05) is 0 Å². The first-order chi connectivity index (χ1) is 7.52. The van der Waals surface area contributed by atoms with E-state index in [9.17, 15) is 4.79 Å². The van der Waals surface area contributed by atoms with Crippen molar-refractivity contribution in [3.63, 3.8) is 0 Å². The topological polar surface area (TPSA) is 26.3 Å². The average Bonchev–Trinajstić information content (AvgIpc) is 2.23. The highest BCUT2D eigenvalue weighted by Crippen LogP contribution is 2.35. The minimum absolute atomic E-state index is 0.293. The Morgan fingerprint density at radius 2 is 2.12 bits per heavy atom. The summed E-state index contributed by atoms with van der Waals surface area (Å²) < 4.78 is 5.51. The van der Waals surface area contributed by atoms with Crippen LogP contribution in [0.4, 0.5) is 0 Å². The van der Waals surface area contributed by atoms with Gasteiger partial charge in [-0.05, 0) is 34.5 Å². The number of esters is 1. The maximum atomic E-state index is 11.7. The van der Waals surface area contributed by atoms with Gasteiger partial charge >= 0.3 is 5.97 Å². The fourth-order valence-electron chi connectivity index (χ4n) is 1.18. The smallest absolute Gasteiger partial charge is 0.340 e. The summed E-state index contributed by atoms with van der Waals surface area (Å²) in [5.74, 6) is -0.467. The molecule has 88 valence electrons. The number of carbonyl (C=O) groups is 1. The van der Waals surface area contributed by atoms with Gasteiger partial charge < -0.3 is 4.74 Å². The van der Waals surface area contributed by atoms with E-state index in [1.165, 1.54) is 0 Å². The van der Waals surface area contributed by atoms with Crippen molar-refractivity contribution in [2.24, 2.45) is 0 Å². The van der Waals surface area contributed by atoms with Gasteiger partial charge in [-0.1, -0.05) is 39.1 Å². The molecule has 16 heavy (non-hydrogen) atoms. The van der Waals surface area contributed by atoms with Crippen LogP contribution in [0.2, 0.25) is 10.0 Å². The summed E-state index contributed by atoms with van der Waals surface area (Å²) >= 11 is 18.6. The van der Waals surface area contributed by atoms with Crippen molar-refractivity contribution < 1.29 is 9.53 Å². The lowest BCUT2D eigenvalue weighted by molar-refractivity contribution is 0.0525. The summed E-state index contributed by atoms with van der Waals surface area (Å²) in [6.07, 6.45) is 0. The number of hydrogen-bond donors (Lipinski definition) is 0. The molecule has 0 spiro atoms. The van der Waals surface area contributed by atoms with Gasteiger partial charge in [0.25, 0.3) is 0 Å². The van der Waals surface area contributed by atoms with E-state index in [-0.39, 0.29) is 0 Å². The van der Waals surface area contributed by atoms with Gasteiger partial charge in [0.1, 0.15) is 0 Å². The maximum Gasteiger partial charge on any atom is 0.340 e. The number of hydrogen-bond acceptors (Lipinski definition) is 2. The molecule has 0 heterocycles. The monoisotopic (exact) mass is 388 g/mol. The Hall–Kier alpha value is 0.230. The van der Waals surface area contributed by atoms with E-state index in [0.717, 1.165) is 0 Å². The molecule has 0 atom stereocenters. The van der Waals surface area contributed by atoms with Crippen LogP contribution in [0.15, 0.2) is 10.5 Å². The van der Waals surface area contributed by atoms with E-state index < -0.39 is 5.97 Å². The minimum atomic E-state index is -0.467. The largest absolute Gasteiger partial charge is 0.462 e. The highest BCUT2D eigenvalue weighted by atomic mass is 79.9. The normalized spacial score (nSPS) is 10.3. The Kier molecular flexibility index (Phi) is 5.57. The molecule has 0 aliphatic rings. The van der Waals surface area contributed by atoms with Gasteiger partial charge in [0.05, 0.1) is 17.2 Å². The first-order valence-electron chi connectivity index (χ1n) is 4.42. The fraction of sp³-hybridized carbons (Fsp3) is 0.300. The third-order valence-electron chi connectivity index (χ3n) is 1.89. The van der Waals surface area contributed by atoms with Gasteiger partial charge in [-0.3, -0.25) is 0 Å². The molecule has 1 aromatic rings. The Labute approximate surface area is 121 Å². The standard InChI is InChI=1S/C10H8Br2Cl2O2/c1-2-16-10(15)8-5(4-11)7(13)3-6(12)9(8)14/h3H,2,4H2,1H3. The summed E-state index contributed by atoms with van der Waals surface area (Å²) in [7, 11) is 0. The highest BCUT2D eigenvalue weighted by molar-refractivity contribution is 9.10. The molecular weight excluding hydrogens is 383 g/mol. The molecule has 0 saturated heterocycles. The molecule has 1 aromatic carbocycles. The van der Waals surface area contributed by atoms with Crippen LogP contribution in [0.25, 0.3) is 0 Å². The molecule has 0 bridgehead atoms. The van der Waals surface area contributed by atoms with Crippen LogP contribution in [0.1, 0.15) is 22.8 Å². The molecule has 0 unspecified atom stereocenters. The van der Waals surface area contributed by atoms with E-state index in [0.29, 0.717) is 37.6 Å². The van der Waals surface area contributed by atoms with Crippen molar-refractivity contribution in [3.05, 3.63) is 31.7 Å². The predicted octanol–water partition coefficient (Wildman–Crippen LogP) is 4.83. The number of benzene rings is 1. The lowest BCUT2D eigenvalue weighted by atomic mass is 10.1. The van der Waals surface area contributed by atoms with Crippen LogP contribution < -0.4 is 0 Å². The number of alkyl halides is 1. The molecule has 0 amide bonds. The second kappa shape index (κ2) is 6.24. The minimum Gasteiger partial charge on any atom is -0.462 e. The lowest BCUT2D eigenvalue weighted by Crippen LogP contribution is -2.09. The molecule has 0 aliphatic carbocycles. The lowest BCUT2D eigenvalue weighted by Gasteiger charge is -2.11. The summed E-state index contributed by atoms with van der Waals surface area (Å²) in [5, 5.41) is 1.22. The van der Waals surface area contributed by atoms with Gasteiger partial charge in [-0.25, -0.2) is 4.79 Å². The SMILES string of the molecule is CCOC(=O)c1c(Cl)c(Br)cc(Cl)c1CBr. The molecule has 2 nitrogen and oxygen atoms in total. The van der Waals surface area contributed by atoms with E-state index in [2.05, 4.69) is 31.9 Å². The molecule has 0 N–H and O–H groups in total. The summed E-state index contributed by atoms with van der Waals surface area (Å²) in [4.78, 5) is 11.7. The first kappa shape index (κ1) is 14.3. The molecule has 1 rings (SSSR count). The predicted molar refractivity (Wildman–Crippen MR) is 72.7 cm³/mol. The van der Waals surface area contributed by atoms with Crippen LogP contribution in [-0.2, 0) is 10.1 Å². The second-order valence-corrected chi connectivity index (χ2v) is 5.06. The van der Waals surface area contributed by atoms with Crippen molar-refractivity contribution in [1.29, 1.82) is 0 Å². The zero-order valence-corrected chi connectivity index (χ0v) is 13.0. The maximum absolute atomic E-state index is 11.7. The summed E-state index contributed by atoms with van der Waals surface area (Å²) in [6, 6.07) is 1.66. The summed E-state index contributed by atoms with van der Waals surface area (Å²) in [5.41, 5.74) is 0.938. The van der Waals surface area contributed by atoms with Gasteiger partial charge in [0, 0.05) is 14.8 Å².